The van der Waals surface area contributed by atoms with Crippen LogP contribution >= 0.6 is 24.0 Å². The number of nitrogens with two attached hydrogens (primary N) is 1. The standard InChI is InChI=1S/C20H26FN3O3.HI/c1-4-16(27-17-7-5-6-15(21)11-17)13-24-20(22)23-12-14-8-9-18(25-2)19(10-14)26-3;/h5-11,16H,4,12-13H2,1-3H3,(H3,22,23,24);1H. The van der Waals surface area contributed by atoms with Gasteiger partial charge in [-0.25, -0.2) is 9.38 Å². The third-order valence-electron chi connectivity index (χ3n) is 3.94. The Morgan fingerprint density at radius 3 is 2.54 bits per heavy atom. The fraction of sp³-hybridized carbons (Fsp3) is 0.350. The lowest BCUT2D eigenvalue weighted by molar-refractivity contribution is 0.199. The van der Waals surface area contributed by atoms with Crippen molar-refractivity contribution in [3.63, 3.8) is 0 Å². The first-order chi connectivity index (χ1) is 13.0. The first kappa shape index (κ1) is 23.8. The molecule has 0 heterocycles. The summed E-state index contributed by atoms with van der Waals surface area (Å²) in [7, 11) is 3.18. The van der Waals surface area contributed by atoms with Gasteiger partial charge in [-0.2, -0.15) is 0 Å². The lowest BCUT2D eigenvalue weighted by Gasteiger charge is -2.18. The number of halogens is 2. The quantitative estimate of drug-likeness (QED) is 0.310. The topological polar surface area (TPSA) is 78.1 Å². The zero-order valence-corrected chi connectivity index (χ0v) is 18.6. The van der Waals surface area contributed by atoms with E-state index in [1.54, 1.807) is 26.4 Å². The van der Waals surface area contributed by atoms with Gasteiger partial charge >= 0.3 is 0 Å². The largest absolute Gasteiger partial charge is 0.493 e. The predicted molar refractivity (Wildman–Crippen MR) is 119 cm³/mol. The lowest BCUT2D eigenvalue weighted by atomic mass is 10.2. The van der Waals surface area contributed by atoms with E-state index >= 15 is 0 Å². The van der Waals surface area contributed by atoms with E-state index in [0.717, 1.165) is 12.0 Å². The maximum Gasteiger partial charge on any atom is 0.189 e. The highest BCUT2D eigenvalue weighted by atomic mass is 127. The summed E-state index contributed by atoms with van der Waals surface area (Å²) in [5, 5.41) is 3.04. The number of ether oxygens (including phenoxy) is 3. The van der Waals surface area contributed by atoms with E-state index in [0.29, 0.717) is 36.3 Å². The molecule has 0 aliphatic rings. The van der Waals surface area contributed by atoms with Gasteiger partial charge in [0.05, 0.1) is 27.3 Å². The van der Waals surface area contributed by atoms with Crippen LogP contribution < -0.4 is 25.3 Å². The summed E-state index contributed by atoms with van der Waals surface area (Å²) in [4.78, 5) is 4.32. The van der Waals surface area contributed by atoms with Crippen molar-refractivity contribution in [3.8, 4) is 17.2 Å². The Balaban J connectivity index is 0.00000392. The molecule has 0 fully saturated rings. The normalized spacial score (nSPS) is 11.9. The van der Waals surface area contributed by atoms with Gasteiger partial charge in [0.25, 0.3) is 0 Å². The molecule has 0 aromatic heterocycles. The number of methoxy groups -OCH3 is 2. The van der Waals surface area contributed by atoms with Crippen LogP contribution in [0.25, 0.3) is 0 Å². The van der Waals surface area contributed by atoms with Crippen LogP contribution in [0.5, 0.6) is 17.2 Å². The van der Waals surface area contributed by atoms with Gasteiger partial charge in [-0.1, -0.05) is 19.1 Å². The van der Waals surface area contributed by atoms with Crippen LogP contribution in [0.1, 0.15) is 18.9 Å². The molecule has 2 aromatic carbocycles. The molecule has 1 atom stereocenters. The molecule has 1 unspecified atom stereocenters. The van der Waals surface area contributed by atoms with E-state index in [-0.39, 0.29) is 35.9 Å². The number of aliphatic imine (C=N–C) groups is 1. The summed E-state index contributed by atoms with van der Waals surface area (Å²) in [6.45, 7) is 2.86. The molecule has 0 aliphatic heterocycles. The van der Waals surface area contributed by atoms with Crippen molar-refractivity contribution in [2.24, 2.45) is 10.7 Å². The smallest absolute Gasteiger partial charge is 0.189 e. The van der Waals surface area contributed by atoms with Crippen molar-refractivity contribution in [2.45, 2.75) is 26.0 Å². The summed E-state index contributed by atoms with van der Waals surface area (Å²) in [6.07, 6.45) is 0.591. The molecule has 0 bridgehead atoms. The Hall–Kier alpha value is -2.23. The summed E-state index contributed by atoms with van der Waals surface area (Å²) in [5.41, 5.74) is 6.88. The highest BCUT2D eigenvalue weighted by Crippen LogP contribution is 2.27. The molecule has 28 heavy (non-hydrogen) atoms. The third-order valence-corrected chi connectivity index (χ3v) is 3.94. The van der Waals surface area contributed by atoms with E-state index in [9.17, 15) is 4.39 Å². The first-order valence-corrected chi connectivity index (χ1v) is 8.72. The Morgan fingerprint density at radius 2 is 1.89 bits per heavy atom. The average Bonchev–Trinajstić information content (AvgIpc) is 2.69. The fourth-order valence-corrected chi connectivity index (χ4v) is 2.43. The molecule has 2 rings (SSSR count). The van der Waals surface area contributed by atoms with Gasteiger partial charge in [-0.15, -0.1) is 24.0 Å². The van der Waals surface area contributed by atoms with Crippen LogP contribution in [0.3, 0.4) is 0 Å². The predicted octanol–water partition coefficient (Wildman–Crippen LogP) is 3.72. The minimum Gasteiger partial charge on any atom is -0.493 e. The molecule has 0 amide bonds. The number of nitrogens with zero attached hydrogens (tertiary/aromatic N) is 1. The number of hydrogen-bond acceptors (Lipinski definition) is 4. The van der Waals surface area contributed by atoms with E-state index < -0.39 is 0 Å². The van der Waals surface area contributed by atoms with E-state index in [1.165, 1.54) is 12.1 Å². The fourth-order valence-electron chi connectivity index (χ4n) is 2.43. The van der Waals surface area contributed by atoms with Gasteiger partial charge in [0, 0.05) is 6.07 Å². The molecule has 0 saturated carbocycles. The number of benzene rings is 2. The van der Waals surface area contributed by atoms with Crippen LogP contribution in [0, 0.1) is 5.82 Å². The second kappa shape index (κ2) is 12.3. The molecular formula is C20H27FIN3O3. The number of rotatable bonds is 9. The van der Waals surface area contributed by atoms with Gasteiger partial charge in [0.2, 0.25) is 0 Å². The Kier molecular flexibility index (Phi) is 10.4. The zero-order chi connectivity index (χ0) is 19.6. The van der Waals surface area contributed by atoms with E-state index in [4.69, 9.17) is 19.9 Å². The summed E-state index contributed by atoms with van der Waals surface area (Å²) < 4.78 is 29.5. The van der Waals surface area contributed by atoms with Gasteiger partial charge in [-0.3, -0.25) is 0 Å². The van der Waals surface area contributed by atoms with Crippen LogP contribution in [-0.2, 0) is 6.54 Å². The van der Waals surface area contributed by atoms with Crippen molar-refractivity contribution in [1.82, 2.24) is 5.32 Å². The lowest BCUT2D eigenvalue weighted by Crippen LogP contribution is -2.39. The van der Waals surface area contributed by atoms with Crippen LogP contribution in [0.15, 0.2) is 47.5 Å². The van der Waals surface area contributed by atoms with E-state index in [2.05, 4.69) is 10.3 Å². The first-order valence-electron chi connectivity index (χ1n) is 8.72. The number of hydrogen-bond donors (Lipinski definition) is 2. The van der Waals surface area contributed by atoms with Crippen LogP contribution in [0.4, 0.5) is 4.39 Å². The molecule has 2 aromatic rings. The van der Waals surface area contributed by atoms with Crippen molar-refractivity contribution < 1.29 is 18.6 Å². The Labute approximate surface area is 182 Å². The van der Waals surface area contributed by atoms with Crippen molar-refractivity contribution in [2.75, 3.05) is 20.8 Å². The summed E-state index contributed by atoms with van der Waals surface area (Å²) in [6, 6.07) is 11.7. The SMILES string of the molecule is CCC(CNC(N)=NCc1ccc(OC)c(OC)c1)Oc1cccc(F)c1.I. The van der Waals surface area contributed by atoms with Gasteiger partial charge < -0.3 is 25.3 Å². The van der Waals surface area contributed by atoms with Gasteiger partial charge in [0.1, 0.15) is 17.7 Å². The molecule has 0 aliphatic carbocycles. The third kappa shape index (κ3) is 7.41. The highest BCUT2D eigenvalue weighted by Gasteiger charge is 2.09. The van der Waals surface area contributed by atoms with Crippen molar-refractivity contribution in [1.29, 1.82) is 0 Å². The highest BCUT2D eigenvalue weighted by molar-refractivity contribution is 14.0. The monoisotopic (exact) mass is 503 g/mol. The second-order valence-corrected chi connectivity index (χ2v) is 5.88. The molecule has 6 nitrogen and oxygen atoms in total. The van der Waals surface area contributed by atoms with Crippen molar-refractivity contribution in [3.05, 3.63) is 53.8 Å². The minimum atomic E-state index is -0.327. The maximum absolute atomic E-state index is 13.2. The summed E-state index contributed by atoms with van der Waals surface area (Å²) in [5.74, 6) is 1.78. The molecule has 3 N–H and O–H groups in total. The number of guanidine groups is 1. The van der Waals surface area contributed by atoms with E-state index in [1.807, 2.05) is 25.1 Å². The van der Waals surface area contributed by atoms with Gasteiger partial charge in [0.15, 0.2) is 17.5 Å². The number of nitrogens with one attached hydrogen (secondary N) is 1. The minimum absolute atomic E-state index is 0. The average molecular weight is 503 g/mol. The molecule has 0 radical (unpaired) electrons. The molecule has 0 saturated heterocycles. The Bertz CT molecular complexity index is 774. The molecule has 0 spiro atoms. The molecule has 8 heteroatoms. The zero-order valence-electron chi connectivity index (χ0n) is 16.3. The molecular weight excluding hydrogens is 476 g/mol. The summed E-state index contributed by atoms with van der Waals surface area (Å²) >= 11 is 0. The molecule has 154 valence electrons. The van der Waals surface area contributed by atoms with Crippen LogP contribution in [-0.4, -0.2) is 32.8 Å². The van der Waals surface area contributed by atoms with Crippen LogP contribution in [0.2, 0.25) is 0 Å². The Morgan fingerprint density at radius 1 is 1.14 bits per heavy atom. The maximum atomic E-state index is 13.2. The second-order valence-electron chi connectivity index (χ2n) is 5.88. The van der Waals surface area contributed by atoms with Gasteiger partial charge in [-0.05, 0) is 36.2 Å². The van der Waals surface area contributed by atoms with Crippen molar-refractivity contribution >= 4 is 29.9 Å².